The second kappa shape index (κ2) is 9.06. The van der Waals surface area contributed by atoms with Gasteiger partial charge in [-0.15, -0.1) is 0 Å². The maximum atomic E-state index is 12.8. The average molecular weight is 436 g/mol. The summed E-state index contributed by atoms with van der Waals surface area (Å²) in [6.07, 6.45) is 1.42. The second-order valence-electron chi connectivity index (χ2n) is 7.49. The maximum Gasteiger partial charge on any atom is 0.322 e. The molecule has 3 aromatic rings. The number of hydrogen-bond acceptors (Lipinski definition) is 7. The van der Waals surface area contributed by atoms with Gasteiger partial charge in [-0.2, -0.15) is 0 Å². The van der Waals surface area contributed by atoms with Crippen molar-refractivity contribution in [3.63, 3.8) is 0 Å². The molecule has 0 saturated carbocycles. The Bertz CT molecular complexity index is 1140. The van der Waals surface area contributed by atoms with Gasteiger partial charge in [-0.05, 0) is 42.0 Å². The average Bonchev–Trinajstić information content (AvgIpc) is 2.79. The number of benzene rings is 2. The van der Waals surface area contributed by atoms with Crippen LogP contribution in [0.25, 0.3) is 10.9 Å². The van der Waals surface area contributed by atoms with Crippen LogP contribution in [0.2, 0.25) is 0 Å². The van der Waals surface area contributed by atoms with Gasteiger partial charge in [0.1, 0.15) is 30.7 Å². The van der Waals surface area contributed by atoms with Crippen LogP contribution >= 0.6 is 0 Å². The predicted molar refractivity (Wildman–Crippen MR) is 119 cm³/mol. The first-order valence-corrected chi connectivity index (χ1v) is 10.1. The Morgan fingerprint density at radius 3 is 2.72 bits per heavy atom. The Hall–Kier alpha value is -3.92. The van der Waals surface area contributed by atoms with Gasteiger partial charge in [0.15, 0.2) is 0 Å². The fourth-order valence-corrected chi connectivity index (χ4v) is 3.68. The first kappa shape index (κ1) is 21.3. The molecule has 166 valence electrons. The number of methoxy groups -OCH3 is 1. The van der Waals surface area contributed by atoms with Crippen molar-refractivity contribution < 1.29 is 19.4 Å². The Morgan fingerprint density at radius 1 is 1.22 bits per heavy atom. The van der Waals surface area contributed by atoms with Gasteiger partial charge >= 0.3 is 6.03 Å². The summed E-state index contributed by atoms with van der Waals surface area (Å²) < 4.78 is 5.61. The quantitative estimate of drug-likeness (QED) is 0.519. The number of phenols is 1. The summed E-state index contributed by atoms with van der Waals surface area (Å²) in [6, 6.07) is 11.5. The van der Waals surface area contributed by atoms with Gasteiger partial charge in [-0.3, -0.25) is 4.79 Å². The van der Waals surface area contributed by atoms with Crippen molar-refractivity contribution in [2.75, 3.05) is 37.8 Å². The van der Waals surface area contributed by atoms with E-state index in [2.05, 4.69) is 15.3 Å². The lowest BCUT2D eigenvalue weighted by atomic mass is 10.1. The highest BCUT2D eigenvalue weighted by atomic mass is 16.5. The number of nitrogens with zero attached hydrogens (tertiary/aromatic N) is 4. The minimum absolute atomic E-state index is 0.0503. The minimum Gasteiger partial charge on any atom is -0.508 e. The van der Waals surface area contributed by atoms with Crippen LogP contribution in [0.4, 0.5) is 16.3 Å². The van der Waals surface area contributed by atoms with Crippen LogP contribution in [-0.2, 0) is 16.0 Å². The number of piperazine rings is 1. The molecule has 1 aromatic heterocycles. The van der Waals surface area contributed by atoms with E-state index in [1.807, 2.05) is 18.2 Å². The van der Waals surface area contributed by atoms with Gasteiger partial charge in [-0.25, -0.2) is 14.8 Å². The third kappa shape index (κ3) is 4.54. The molecule has 4 N–H and O–H groups in total. The summed E-state index contributed by atoms with van der Waals surface area (Å²) in [5.41, 5.74) is 8.10. The van der Waals surface area contributed by atoms with E-state index >= 15 is 0 Å². The number of nitrogens with two attached hydrogens (primary N) is 1. The number of rotatable bonds is 5. The van der Waals surface area contributed by atoms with Crippen molar-refractivity contribution in [1.82, 2.24) is 19.8 Å². The van der Waals surface area contributed by atoms with Gasteiger partial charge < -0.3 is 30.7 Å². The molecular formula is C22H24N6O4. The highest BCUT2D eigenvalue weighted by Gasteiger charge is 2.32. The van der Waals surface area contributed by atoms with Crippen LogP contribution in [0.1, 0.15) is 5.56 Å². The number of urea groups is 1. The normalized spacial score (nSPS) is 15.1. The topological polar surface area (TPSA) is 134 Å². The van der Waals surface area contributed by atoms with Gasteiger partial charge in [0, 0.05) is 37.7 Å². The molecule has 4 rings (SSSR count). The number of phenolic OH excluding ortho intramolecular Hbond substituents is 1. The molecule has 2 aromatic carbocycles. The van der Waals surface area contributed by atoms with Crippen molar-refractivity contribution in [1.29, 1.82) is 0 Å². The Balaban J connectivity index is 1.40. The number of fused-ring (bicyclic) bond motifs is 1. The SMILES string of the molecule is COC(Cc1ccc2c(N)ncnc2c1)N1CCN(C(=O)Nc2ccc(O)cc2)CC1=O. The molecule has 0 radical (unpaired) electrons. The largest absolute Gasteiger partial charge is 0.508 e. The van der Waals surface area contributed by atoms with Crippen LogP contribution < -0.4 is 11.1 Å². The van der Waals surface area contributed by atoms with Gasteiger partial charge in [-0.1, -0.05) is 6.07 Å². The maximum absolute atomic E-state index is 12.8. The Labute approximate surface area is 184 Å². The number of amides is 3. The molecule has 1 saturated heterocycles. The van der Waals surface area contributed by atoms with Crippen LogP contribution in [0.15, 0.2) is 48.8 Å². The van der Waals surface area contributed by atoms with E-state index in [1.54, 1.807) is 24.1 Å². The summed E-state index contributed by atoms with van der Waals surface area (Å²) in [7, 11) is 1.56. The smallest absolute Gasteiger partial charge is 0.322 e. The standard InChI is InChI=1S/C22H24N6O4/c1-32-20(11-14-2-7-17-18(10-14)24-13-25-21(17)23)28-9-8-27(12-19(28)30)22(31)26-15-3-5-16(29)6-4-15/h2-7,10,13,20,29H,8-9,11-12H2,1H3,(H,26,31)(H2,23,24,25). The molecule has 10 nitrogen and oxygen atoms in total. The third-order valence-electron chi connectivity index (χ3n) is 5.42. The van der Waals surface area contributed by atoms with Crippen LogP contribution in [0.5, 0.6) is 5.75 Å². The molecule has 1 aliphatic rings. The van der Waals surface area contributed by atoms with Gasteiger partial charge in [0.25, 0.3) is 0 Å². The Kier molecular flexibility index (Phi) is 6.04. The van der Waals surface area contributed by atoms with Crippen molar-refractivity contribution in [2.24, 2.45) is 0 Å². The van der Waals surface area contributed by atoms with Crippen molar-refractivity contribution in [3.8, 4) is 5.75 Å². The molecule has 0 bridgehead atoms. The van der Waals surface area contributed by atoms with E-state index < -0.39 is 6.23 Å². The summed E-state index contributed by atoms with van der Waals surface area (Å²) in [4.78, 5) is 36.7. The van der Waals surface area contributed by atoms with Crippen LogP contribution in [-0.4, -0.2) is 69.8 Å². The lowest BCUT2D eigenvalue weighted by Gasteiger charge is -2.38. The number of carbonyl (C=O) groups is 2. The fourth-order valence-electron chi connectivity index (χ4n) is 3.68. The number of carbonyl (C=O) groups excluding carboxylic acids is 2. The number of ether oxygens (including phenoxy) is 1. The molecule has 0 aliphatic carbocycles. The van der Waals surface area contributed by atoms with E-state index in [0.717, 1.165) is 16.5 Å². The second-order valence-corrected chi connectivity index (χ2v) is 7.49. The number of aromatic nitrogens is 2. The molecule has 1 atom stereocenters. The van der Waals surface area contributed by atoms with E-state index in [-0.39, 0.29) is 24.2 Å². The van der Waals surface area contributed by atoms with Crippen LogP contribution in [0.3, 0.4) is 0 Å². The zero-order valence-electron chi connectivity index (χ0n) is 17.6. The van der Waals surface area contributed by atoms with E-state index in [4.69, 9.17) is 10.5 Å². The van der Waals surface area contributed by atoms with Crippen LogP contribution in [0, 0.1) is 0 Å². The lowest BCUT2D eigenvalue weighted by molar-refractivity contribution is -0.148. The summed E-state index contributed by atoms with van der Waals surface area (Å²) in [5.74, 6) is 0.331. The molecule has 32 heavy (non-hydrogen) atoms. The first-order valence-electron chi connectivity index (χ1n) is 10.1. The first-order chi connectivity index (χ1) is 15.4. The molecule has 3 amide bonds. The zero-order valence-corrected chi connectivity index (χ0v) is 17.6. The molecule has 0 spiro atoms. The number of nitrogens with one attached hydrogen (secondary N) is 1. The summed E-state index contributed by atoms with van der Waals surface area (Å²) in [5, 5.41) is 12.9. The summed E-state index contributed by atoms with van der Waals surface area (Å²) in [6.45, 7) is 0.672. The molecular weight excluding hydrogens is 412 g/mol. The molecule has 1 fully saturated rings. The molecule has 2 heterocycles. The predicted octanol–water partition coefficient (Wildman–Crippen LogP) is 1.81. The van der Waals surface area contributed by atoms with E-state index in [9.17, 15) is 14.7 Å². The molecule has 10 heteroatoms. The monoisotopic (exact) mass is 436 g/mol. The number of aromatic hydroxyl groups is 1. The summed E-state index contributed by atoms with van der Waals surface area (Å²) >= 11 is 0. The Morgan fingerprint density at radius 2 is 2.00 bits per heavy atom. The van der Waals surface area contributed by atoms with Crippen molar-refractivity contribution >= 4 is 34.3 Å². The molecule has 1 aliphatic heterocycles. The van der Waals surface area contributed by atoms with Gasteiger partial charge in [0.05, 0.1) is 5.52 Å². The number of nitrogen functional groups attached to an aromatic ring is 1. The highest BCUT2D eigenvalue weighted by Crippen LogP contribution is 2.21. The van der Waals surface area contributed by atoms with E-state index in [0.29, 0.717) is 31.0 Å². The van der Waals surface area contributed by atoms with Gasteiger partial charge in [0.2, 0.25) is 5.91 Å². The number of hydrogen-bond donors (Lipinski definition) is 3. The van der Waals surface area contributed by atoms with E-state index in [1.165, 1.54) is 23.4 Å². The minimum atomic E-state index is -0.471. The third-order valence-corrected chi connectivity index (χ3v) is 5.42. The fraction of sp³-hybridized carbons (Fsp3) is 0.273. The highest BCUT2D eigenvalue weighted by molar-refractivity contribution is 5.93. The zero-order chi connectivity index (χ0) is 22.7. The van der Waals surface area contributed by atoms with Crippen molar-refractivity contribution in [2.45, 2.75) is 12.6 Å². The number of anilines is 2. The lowest BCUT2D eigenvalue weighted by Crippen LogP contribution is -2.57. The molecule has 1 unspecified atom stereocenters. The van der Waals surface area contributed by atoms with Crippen molar-refractivity contribution in [3.05, 3.63) is 54.4 Å².